The average Bonchev–Trinajstić information content (AvgIpc) is 2.48. The standard InChI is InChI=1S/C18H29N/c1-3-19-18(14-16-10-6-4-7-11-16)15(2)17-12-8-5-9-13-17/h5,8-9,12-13,15-16,18-19H,3-4,6-7,10-11,14H2,1-2H3. The molecular weight excluding hydrogens is 230 g/mol. The van der Waals surface area contributed by atoms with E-state index in [1.54, 1.807) is 0 Å². The predicted octanol–water partition coefficient (Wildman–Crippen LogP) is 4.74. The monoisotopic (exact) mass is 259 g/mol. The van der Waals surface area contributed by atoms with E-state index < -0.39 is 0 Å². The molecule has 2 unspecified atom stereocenters. The van der Waals surface area contributed by atoms with Crippen molar-refractivity contribution in [3.8, 4) is 0 Å². The lowest BCUT2D eigenvalue weighted by molar-refractivity contribution is 0.284. The van der Waals surface area contributed by atoms with Crippen LogP contribution in [-0.4, -0.2) is 12.6 Å². The molecule has 2 atom stereocenters. The highest BCUT2D eigenvalue weighted by atomic mass is 14.9. The minimum atomic E-state index is 0.614. The van der Waals surface area contributed by atoms with E-state index in [0.29, 0.717) is 12.0 Å². The van der Waals surface area contributed by atoms with Crippen molar-refractivity contribution >= 4 is 0 Å². The topological polar surface area (TPSA) is 12.0 Å². The fourth-order valence-corrected chi connectivity index (χ4v) is 3.50. The van der Waals surface area contributed by atoms with Crippen molar-refractivity contribution in [2.45, 2.75) is 64.3 Å². The fraction of sp³-hybridized carbons (Fsp3) is 0.667. The Hall–Kier alpha value is -0.820. The van der Waals surface area contributed by atoms with Crippen LogP contribution in [0.2, 0.25) is 0 Å². The highest BCUT2D eigenvalue weighted by Gasteiger charge is 2.23. The maximum atomic E-state index is 3.73. The van der Waals surface area contributed by atoms with E-state index in [1.165, 1.54) is 44.1 Å². The van der Waals surface area contributed by atoms with Gasteiger partial charge in [-0.2, -0.15) is 0 Å². The molecule has 1 fully saturated rings. The van der Waals surface area contributed by atoms with Crippen LogP contribution >= 0.6 is 0 Å². The molecule has 0 saturated heterocycles. The summed E-state index contributed by atoms with van der Waals surface area (Å²) in [6.07, 6.45) is 8.60. The second-order valence-corrected chi connectivity index (χ2v) is 6.10. The molecule has 1 aromatic carbocycles. The lowest BCUT2D eigenvalue weighted by Crippen LogP contribution is -2.36. The lowest BCUT2D eigenvalue weighted by atomic mass is 9.80. The van der Waals surface area contributed by atoms with Crippen LogP contribution in [0.1, 0.15) is 63.9 Å². The van der Waals surface area contributed by atoms with E-state index >= 15 is 0 Å². The number of hydrogen-bond acceptors (Lipinski definition) is 1. The number of likely N-dealkylation sites (N-methyl/N-ethyl adjacent to an activating group) is 1. The number of benzene rings is 1. The first-order valence-electron chi connectivity index (χ1n) is 8.09. The Kier molecular flexibility index (Phi) is 5.91. The van der Waals surface area contributed by atoms with Crippen LogP contribution in [0.25, 0.3) is 0 Å². The van der Waals surface area contributed by atoms with E-state index in [1.807, 2.05) is 0 Å². The second-order valence-electron chi connectivity index (χ2n) is 6.10. The van der Waals surface area contributed by atoms with Gasteiger partial charge in [0.25, 0.3) is 0 Å². The minimum absolute atomic E-state index is 0.614. The number of rotatable bonds is 6. The van der Waals surface area contributed by atoms with Crippen molar-refractivity contribution < 1.29 is 0 Å². The van der Waals surface area contributed by atoms with Crippen molar-refractivity contribution in [2.24, 2.45) is 5.92 Å². The van der Waals surface area contributed by atoms with Crippen LogP contribution < -0.4 is 5.32 Å². The van der Waals surface area contributed by atoms with Crippen LogP contribution in [0.3, 0.4) is 0 Å². The highest BCUT2D eigenvalue weighted by Crippen LogP contribution is 2.31. The SMILES string of the molecule is CCNC(CC1CCCCC1)C(C)c1ccccc1. The molecule has 19 heavy (non-hydrogen) atoms. The summed E-state index contributed by atoms with van der Waals surface area (Å²) in [5.74, 6) is 1.56. The van der Waals surface area contributed by atoms with E-state index in [9.17, 15) is 0 Å². The summed E-state index contributed by atoms with van der Waals surface area (Å²) in [6.45, 7) is 5.69. The summed E-state index contributed by atoms with van der Waals surface area (Å²) < 4.78 is 0. The van der Waals surface area contributed by atoms with Gasteiger partial charge in [0.15, 0.2) is 0 Å². The van der Waals surface area contributed by atoms with Crippen molar-refractivity contribution in [2.75, 3.05) is 6.54 Å². The van der Waals surface area contributed by atoms with Crippen LogP contribution in [0, 0.1) is 5.92 Å². The Balaban J connectivity index is 1.97. The normalized spacial score (nSPS) is 20.1. The van der Waals surface area contributed by atoms with Crippen molar-refractivity contribution in [3.63, 3.8) is 0 Å². The van der Waals surface area contributed by atoms with Gasteiger partial charge in [-0.1, -0.05) is 76.3 Å². The number of nitrogens with one attached hydrogen (secondary N) is 1. The Morgan fingerprint density at radius 2 is 1.79 bits per heavy atom. The van der Waals surface area contributed by atoms with Crippen LogP contribution in [0.5, 0.6) is 0 Å². The maximum absolute atomic E-state index is 3.73. The first-order chi connectivity index (χ1) is 9.31. The van der Waals surface area contributed by atoms with Gasteiger partial charge in [0, 0.05) is 6.04 Å². The summed E-state index contributed by atoms with van der Waals surface area (Å²) in [5, 5.41) is 3.73. The van der Waals surface area contributed by atoms with Gasteiger partial charge in [0.05, 0.1) is 0 Å². The largest absolute Gasteiger partial charge is 0.314 e. The predicted molar refractivity (Wildman–Crippen MR) is 83.5 cm³/mol. The quantitative estimate of drug-likeness (QED) is 0.778. The van der Waals surface area contributed by atoms with Crippen molar-refractivity contribution in [3.05, 3.63) is 35.9 Å². The third-order valence-electron chi connectivity index (χ3n) is 4.71. The molecule has 0 radical (unpaired) electrons. The molecule has 1 saturated carbocycles. The fourth-order valence-electron chi connectivity index (χ4n) is 3.50. The highest BCUT2D eigenvalue weighted by molar-refractivity contribution is 5.20. The van der Waals surface area contributed by atoms with Gasteiger partial charge >= 0.3 is 0 Å². The zero-order chi connectivity index (χ0) is 13.5. The van der Waals surface area contributed by atoms with E-state index in [2.05, 4.69) is 49.5 Å². The molecule has 0 spiro atoms. The molecule has 2 rings (SSSR count). The van der Waals surface area contributed by atoms with E-state index in [4.69, 9.17) is 0 Å². The molecule has 0 amide bonds. The zero-order valence-corrected chi connectivity index (χ0v) is 12.6. The summed E-state index contributed by atoms with van der Waals surface area (Å²) >= 11 is 0. The minimum Gasteiger partial charge on any atom is -0.314 e. The molecule has 1 heteroatoms. The molecule has 1 N–H and O–H groups in total. The molecule has 0 aliphatic heterocycles. The van der Waals surface area contributed by atoms with E-state index in [0.717, 1.165) is 12.5 Å². The molecule has 1 aliphatic carbocycles. The van der Waals surface area contributed by atoms with Crippen molar-refractivity contribution in [1.29, 1.82) is 0 Å². The van der Waals surface area contributed by atoms with Crippen LogP contribution in [0.15, 0.2) is 30.3 Å². The third kappa shape index (κ3) is 4.35. The average molecular weight is 259 g/mol. The van der Waals surface area contributed by atoms with Gasteiger partial charge in [-0.3, -0.25) is 0 Å². The Labute approximate surface area is 118 Å². The molecule has 106 valence electrons. The Bertz CT molecular complexity index is 340. The molecule has 0 bridgehead atoms. The maximum Gasteiger partial charge on any atom is 0.0136 e. The van der Waals surface area contributed by atoms with Gasteiger partial charge in [-0.05, 0) is 30.4 Å². The third-order valence-corrected chi connectivity index (χ3v) is 4.71. The summed E-state index contributed by atoms with van der Waals surface area (Å²) in [5.41, 5.74) is 1.48. The summed E-state index contributed by atoms with van der Waals surface area (Å²) in [6, 6.07) is 11.6. The van der Waals surface area contributed by atoms with Crippen LogP contribution in [-0.2, 0) is 0 Å². The second kappa shape index (κ2) is 7.69. The van der Waals surface area contributed by atoms with Crippen molar-refractivity contribution in [1.82, 2.24) is 5.32 Å². The van der Waals surface area contributed by atoms with E-state index in [-0.39, 0.29) is 0 Å². The molecule has 1 nitrogen and oxygen atoms in total. The van der Waals surface area contributed by atoms with Crippen LogP contribution in [0.4, 0.5) is 0 Å². The summed E-state index contributed by atoms with van der Waals surface area (Å²) in [7, 11) is 0. The Morgan fingerprint density at radius 3 is 2.42 bits per heavy atom. The number of hydrogen-bond donors (Lipinski definition) is 1. The Morgan fingerprint density at radius 1 is 1.11 bits per heavy atom. The zero-order valence-electron chi connectivity index (χ0n) is 12.6. The molecule has 1 aromatic rings. The first kappa shape index (κ1) is 14.6. The first-order valence-corrected chi connectivity index (χ1v) is 8.09. The van der Waals surface area contributed by atoms with Gasteiger partial charge in [-0.15, -0.1) is 0 Å². The van der Waals surface area contributed by atoms with Gasteiger partial charge < -0.3 is 5.32 Å². The molecule has 0 heterocycles. The smallest absolute Gasteiger partial charge is 0.0136 e. The molecular formula is C18H29N. The lowest BCUT2D eigenvalue weighted by Gasteiger charge is -2.31. The van der Waals surface area contributed by atoms with Gasteiger partial charge in [-0.25, -0.2) is 0 Å². The molecule has 0 aromatic heterocycles. The van der Waals surface area contributed by atoms with Gasteiger partial charge in [0.2, 0.25) is 0 Å². The molecule has 1 aliphatic rings. The summed E-state index contributed by atoms with van der Waals surface area (Å²) in [4.78, 5) is 0. The van der Waals surface area contributed by atoms with Gasteiger partial charge in [0.1, 0.15) is 0 Å².